The van der Waals surface area contributed by atoms with Crippen LogP contribution in [0.15, 0.2) is 68.6 Å². The first-order chi connectivity index (χ1) is 16.3. The van der Waals surface area contributed by atoms with Crippen LogP contribution in [0.1, 0.15) is 23.9 Å². The zero-order chi connectivity index (χ0) is 24.3. The molecule has 4 aromatic rings. The van der Waals surface area contributed by atoms with Crippen molar-refractivity contribution >= 4 is 27.0 Å². The number of thiophene rings is 1. The van der Waals surface area contributed by atoms with Gasteiger partial charge in [0.2, 0.25) is 5.89 Å². The Labute approximate surface area is 203 Å². The molecule has 2 heterocycles. The Morgan fingerprint density at radius 3 is 2.53 bits per heavy atom. The number of hydrogen-bond donors (Lipinski definition) is 0. The number of hydrogen-bond acceptors (Lipinski definition) is 7. The summed E-state index contributed by atoms with van der Waals surface area (Å²) in [6, 6.07) is 16.2. The van der Waals surface area contributed by atoms with E-state index in [1.165, 1.54) is 15.6 Å². The van der Waals surface area contributed by atoms with Gasteiger partial charge >= 0.3 is 0 Å². The minimum absolute atomic E-state index is 0.0363. The van der Waals surface area contributed by atoms with Crippen molar-refractivity contribution in [2.75, 3.05) is 18.0 Å². The molecule has 2 aromatic heterocycles. The molecule has 0 atom stereocenters. The van der Waals surface area contributed by atoms with Gasteiger partial charge < -0.3 is 13.9 Å². The third-order valence-corrected chi connectivity index (χ3v) is 8.45. The number of aryl methyl sites for hydroxylation is 2. The number of benzene rings is 2. The molecule has 0 aliphatic rings. The van der Waals surface area contributed by atoms with E-state index in [1.54, 1.807) is 49.7 Å². The molecule has 0 N–H and O–H groups in total. The second-order valence-electron chi connectivity index (χ2n) is 7.55. The van der Waals surface area contributed by atoms with Gasteiger partial charge in [-0.05, 0) is 62.0 Å². The van der Waals surface area contributed by atoms with Crippen molar-refractivity contribution in [1.82, 2.24) is 4.98 Å². The predicted octanol–water partition coefficient (Wildman–Crippen LogP) is 5.82. The van der Waals surface area contributed by atoms with Crippen LogP contribution in [-0.4, -0.2) is 27.1 Å². The van der Waals surface area contributed by atoms with E-state index >= 15 is 0 Å². The molecule has 0 aliphatic heterocycles. The minimum Gasteiger partial charge on any atom is -0.493 e. The van der Waals surface area contributed by atoms with Gasteiger partial charge in [0.15, 0.2) is 11.5 Å². The highest BCUT2D eigenvalue weighted by Gasteiger charge is 2.29. The first kappa shape index (κ1) is 23.8. The molecule has 0 fully saturated rings. The van der Waals surface area contributed by atoms with Crippen molar-refractivity contribution in [3.8, 4) is 23.0 Å². The van der Waals surface area contributed by atoms with Crippen LogP contribution >= 0.6 is 11.3 Å². The van der Waals surface area contributed by atoms with Crippen molar-refractivity contribution in [3.63, 3.8) is 0 Å². The molecule has 34 heavy (non-hydrogen) atoms. The monoisotopic (exact) mass is 498 g/mol. The molecule has 0 aliphatic carbocycles. The van der Waals surface area contributed by atoms with Crippen molar-refractivity contribution in [1.29, 1.82) is 0 Å². The largest absolute Gasteiger partial charge is 0.493 e. The summed E-state index contributed by atoms with van der Waals surface area (Å²) in [5, 5.41) is 1.75. The van der Waals surface area contributed by atoms with E-state index < -0.39 is 10.0 Å². The SMILES string of the molecule is CCOc1ccc(-c2nc(CN(c3ccccc3C)S(=O)(=O)c3cccs3)c(C)o2)cc1OC. The summed E-state index contributed by atoms with van der Waals surface area (Å²) in [6.07, 6.45) is 0. The number of para-hydroxylation sites is 1. The zero-order valence-corrected chi connectivity index (χ0v) is 21.1. The summed E-state index contributed by atoms with van der Waals surface area (Å²) >= 11 is 1.19. The maximum absolute atomic E-state index is 13.6. The summed E-state index contributed by atoms with van der Waals surface area (Å²) < 4.78 is 45.8. The molecular formula is C25H26N2O5S2. The van der Waals surface area contributed by atoms with Gasteiger partial charge in [-0.25, -0.2) is 13.4 Å². The Kier molecular flexibility index (Phi) is 6.95. The second-order valence-corrected chi connectivity index (χ2v) is 10.6. The Hall–Kier alpha value is -3.30. The van der Waals surface area contributed by atoms with Crippen LogP contribution in [-0.2, 0) is 16.6 Å². The van der Waals surface area contributed by atoms with E-state index in [2.05, 4.69) is 4.98 Å². The lowest BCUT2D eigenvalue weighted by atomic mass is 10.2. The Morgan fingerprint density at radius 1 is 1.06 bits per heavy atom. The van der Waals surface area contributed by atoms with Gasteiger partial charge in [0.1, 0.15) is 15.7 Å². The van der Waals surface area contributed by atoms with E-state index in [9.17, 15) is 8.42 Å². The van der Waals surface area contributed by atoms with Crippen LogP contribution < -0.4 is 13.8 Å². The minimum atomic E-state index is -3.79. The van der Waals surface area contributed by atoms with Crippen molar-refractivity contribution < 1.29 is 22.3 Å². The van der Waals surface area contributed by atoms with Gasteiger partial charge in [-0.3, -0.25) is 4.31 Å². The molecule has 0 amide bonds. The van der Waals surface area contributed by atoms with Crippen LogP contribution in [0.2, 0.25) is 0 Å². The second kappa shape index (κ2) is 9.90. The number of oxazole rings is 1. The van der Waals surface area contributed by atoms with Crippen LogP contribution in [0.4, 0.5) is 5.69 Å². The smallest absolute Gasteiger partial charge is 0.274 e. The average molecular weight is 499 g/mol. The summed E-state index contributed by atoms with van der Waals surface area (Å²) in [4.78, 5) is 4.66. The molecule has 0 spiro atoms. The highest BCUT2D eigenvalue weighted by Crippen LogP contribution is 2.35. The van der Waals surface area contributed by atoms with Crippen LogP contribution in [0.25, 0.3) is 11.5 Å². The Bertz CT molecular complexity index is 1380. The molecule has 0 saturated heterocycles. The molecule has 2 aromatic carbocycles. The van der Waals surface area contributed by atoms with E-state index in [-0.39, 0.29) is 10.8 Å². The highest BCUT2D eigenvalue weighted by atomic mass is 32.2. The number of aromatic nitrogens is 1. The predicted molar refractivity (Wildman–Crippen MR) is 133 cm³/mol. The van der Waals surface area contributed by atoms with E-state index in [1.807, 2.05) is 38.1 Å². The van der Waals surface area contributed by atoms with Gasteiger partial charge in [0, 0.05) is 5.56 Å². The molecular weight excluding hydrogens is 472 g/mol. The molecule has 0 saturated carbocycles. The first-order valence-corrected chi connectivity index (χ1v) is 13.1. The molecule has 0 bridgehead atoms. The van der Waals surface area contributed by atoms with Crippen molar-refractivity contribution in [2.45, 2.75) is 31.5 Å². The average Bonchev–Trinajstić information content (AvgIpc) is 3.49. The highest BCUT2D eigenvalue weighted by molar-refractivity contribution is 7.94. The Morgan fingerprint density at radius 2 is 1.85 bits per heavy atom. The third-order valence-electron chi connectivity index (χ3n) is 5.32. The van der Waals surface area contributed by atoms with Gasteiger partial charge in [-0.15, -0.1) is 11.3 Å². The lowest BCUT2D eigenvalue weighted by molar-refractivity contribution is 0.311. The fraction of sp³-hybridized carbons (Fsp3) is 0.240. The summed E-state index contributed by atoms with van der Waals surface area (Å²) in [6.45, 7) is 6.13. The number of rotatable bonds is 9. The molecule has 0 unspecified atom stereocenters. The zero-order valence-electron chi connectivity index (χ0n) is 19.4. The number of anilines is 1. The van der Waals surface area contributed by atoms with Gasteiger partial charge in [-0.2, -0.15) is 0 Å². The van der Waals surface area contributed by atoms with E-state index in [0.29, 0.717) is 46.7 Å². The number of sulfonamides is 1. The van der Waals surface area contributed by atoms with Gasteiger partial charge in [0.25, 0.3) is 10.0 Å². The first-order valence-electron chi connectivity index (χ1n) is 10.7. The third kappa shape index (κ3) is 4.67. The lowest BCUT2D eigenvalue weighted by Crippen LogP contribution is -2.31. The van der Waals surface area contributed by atoms with Crippen LogP contribution in [0.5, 0.6) is 11.5 Å². The maximum atomic E-state index is 13.6. The maximum Gasteiger partial charge on any atom is 0.274 e. The summed E-state index contributed by atoms with van der Waals surface area (Å²) in [5.41, 5.74) is 2.69. The molecule has 178 valence electrons. The Balaban J connectivity index is 1.73. The number of methoxy groups -OCH3 is 1. The van der Waals surface area contributed by atoms with Crippen LogP contribution in [0.3, 0.4) is 0 Å². The number of ether oxygens (including phenoxy) is 2. The van der Waals surface area contributed by atoms with Crippen molar-refractivity contribution in [2.24, 2.45) is 0 Å². The van der Waals surface area contributed by atoms with Crippen molar-refractivity contribution in [3.05, 3.63) is 77.0 Å². The topological polar surface area (TPSA) is 81.9 Å². The van der Waals surface area contributed by atoms with Gasteiger partial charge in [0.05, 0.1) is 25.9 Å². The summed E-state index contributed by atoms with van der Waals surface area (Å²) in [7, 11) is -2.22. The fourth-order valence-electron chi connectivity index (χ4n) is 3.57. The van der Waals surface area contributed by atoms with Crippen LogP contribution in [0, 0.1) is 13.8 Å². The standard InChI is InChI=1S/C25H26N2O5S2/c1-5-31-22-13-12-19(15-23(22)30-4)25-26-20(18(3)32-25)16-27(21-10-7-6-9-17(21)2)34(28,29)24-11-8-14-33-24/h6-15H,5,16H2,1-4H3. The van der Waals surface area contributed by atoms with E-state index in [0.717, 1.165) is 5.56 Å². The summed E-state index contributed by atoms with van der Waals surface area (Å²) in [5.74, 6) is 2.12. The lowest BCUT2D eigenvalue weighted by Gasteiger charge is -2.24. The molecule has 9 heteroatoms. The van der Waals surface area contributed by atoms with Gasteiger partial charge in [-0.1, -0.05) is 24.3 Å². The molecule has 7 nitrogen and oxygen atoms in total. The fourth-order valence-corrected chi connectivity index (χ4v) is 6.17. The van der Waals surface area contributed by atoms with E-state index in [4.69, 9.17) is 13.9 Å². The molecule has 0 radical (unpaired) electrons. The normalized spacial score (nSPS) is 11.4. The number of nitrogens with zero attached hydrogens (tertiary/aromatic N) is 2. The quantitative estimate of drug-likeness (QED) is 0.289. The molecule has 4 rings (SSSR count).